The molecule has 0 aromatic rings. The van der Waals surface area contributed by atoms with E-state index in [1.54, 1.807) is 154 Å². The quantitative estimate of drug-likeness (QED) is 0.118. The minimum absolute atomic E-state index is 0. The van der Waals surface area contributed by atoms with Gasteiger partial charge in [-0.1, -0.05) is 131 Å². The second kappa shape index (κ2) is 22.3. The van der Waals surface area contributed by atoms with E-state index in [-0.39, 0.29) is 20.4 Å². The molecule has 4 nitrogen and oxygen atoms in total. The van der Waals surface area contributed by atoms with E-state index in [1.807, 2.05) is 0 Å². The first-order valence-electron chi connectivity index (χ1n) is 19.0. The molecule has 0 unspecified atom stereocenters. The molecular weight excluding hydrogens is 663 g/mol. The maximum atomic E-state index is 8.25. The summed E-state index contributed by atoms with van der Waals surface area (Å²) in [5.74, 6) is 0. The third kappa shape index (κ3) is 13.4. The molecule has 6 aliphatic carbocycles. The van der Waals surface area contributed by atoms with Gasteiger partial charge in [-0.2, -0.15) is 0 Å². The molecule has 0 saturated heterocycles. The molecule has 0 spiro atoms. The summed E-state index contributed by atoms with van der Waals surface area (Å²) in [5, 5.41) is 14.8. The van der Waals surface area contributed by atoms with Crippen molar-refractivity contribution < 1.29 is 25.5 Å². The van der Waals surface area contributed by atoms with Crippen molar-refractivity contribution in [2.75, 3.05) is 0 Å². The fourth-order valence-corrected chi connectivity index (χ4v) is 19.4. The molecular formula is C36H67NO3P2Pd. The summed E-state index contributed by atoms with van der Waals surface area (Å²) < 4.78 is 0. The standard InChI is InChI=1S/2C18H33P.NO3.Pd.H/c2*1-4-10-16(11-5-1)19(17-12-6-2-7-13-17)18-14-8-3-9-15-18;2-1(3)4;;/h2*16-18H,1-15H2;;;/q;;-1;+1;. The van der Waals surface area contributed by atoms with Gasteiger partial charge in [0.25, 0.3) is 0 Å². The van der Waals surface area contributed by atoms with Crippen LogP contribution in [0.5, 0.6) is 0 Å². The van der Waals surface area contributed by atoms with E-state index < -0.39 is 5.09 Å². The van der Waals surface area contributed by atoms with Crippen molar-refractivity contribution in [3.05, 3.63) is 15.3 Å². The zero-order chi connectivity index (χ0) is 29.4. The normalized spacial score (nSPS) is 26.1. The van der Waals surface area contributed by atoms with Crippen molar-refractivity contribution in [1.82, 2.24) is 0 Å². The van der Waals surface area contributed by atoms with Crippen LogP contribution in [0.4, 0.5) is 0 Å². The maximum absolute atomic E-state index is 8.25. The Morgan fingerprint density at radius 3 is 0.558 bits per heavy atom. The summed E-state index contributed by atoms with van der Waals surface area (Å²) in [6.07, 6.45) is 47.2. The average molecular weight is 730 g/mol. The average Bonchev–Trinajstić information content (AvgIpc) is 3.05. The van der Waals surface area contributed by atoms with Crippen LogP contribution < -0.4 is 0 Å². The van der Waals surface area contributed by atoms with E-state index in [4.69, 9.17) is 15.3 Å². The molecule has 6 fully saturated rings. The Balaban J connectivity index is 0.000000206. The third-order valence-electron chi connectivity index (χ3n) is 12.0. The van der Waals surface area contributed by atoms with Gasteiger partial charge in [0.1, 0.15) is 0 Å². The summed E-state index contributed by atoms with van der Waals surface area (Å²) in [6, 6.07) is 0. The first-order valence-corrected chi connectivity index (χ1v) is 22.1. The topological polar surface area (TPSA) is 66.2 Å². The van der Waals surface area contributed by atoms with Crippen LogP contribution in [0, 0.1) is 15.3 Å². The molecule has 6 aliphatic rings. The first-order chi connectivity index (χ1) is 20.6. The second-order valence-electron chi connectivity index (χ2n) is 14.9. The van der Waals surface area contributed by atoms with E-state index in [1.165, 1.54) is 72.5 Å². The van der Waals surface area contributed by atoms with Crippen LogP contribution >= 0.6 is 15.8 Å². The molecule has 43 heavy (non-hydrogen) atoms. The van der Waals surface area contributed by atoms with E-state index in [0.717, 1.165) is 0 Å². The summed E-state index contributed by atoms with van der Waals surface area (Å²) >= 11 is 0. The summed E-state index contributed by atoms with van der Waals surface area (Å²) in [7, 11) is 0.770. The van der Waals surface area contributed by atoms with Crippen LogP contribution in [0.3, 0.4) is 0 Å². The molecule has 0 atom stereocenters. The van der Waals surface area contributed by atoms with Crippen LogP contribution in [0.1, 0.15) is 193 Å². The molecule has 0 aliphatic heterocycles. The van der Waals surface area contributed by atoms with Crippen molar-refractivity contribution in [1.29, 1.82) is 0 Å². The molecule has 0 amide bonds. The number of nitrogens with zero attached hydrogens (tertiary/aromatic N) is 1. The Morgan fingerprint density at radius 1 is 0.326 bits per heavy atom. The second-order valence-corrected chi connectivity index (χ2v) is 21.0. The van der Waals surface area contributed by atoms with E-state index in [9.17, 15) is 0 Å². The summed E-state index contributed by atoms with van der Waals surface area (Å²) in [4.78, 5) is 8.25. The van der Waals surface area contributed by atoms with Gasteiger partial charge in [0.2, 0.25) is 0 Å². The monoisotopic (exact) mass is 729 g/mol. The zero-order valence-corrected chi connectivity index (χ0v) is 31.0. The van der Waals surface area contributed by atoms with Gasteiger partial charge in [0.05, 0.1) is 5.09 Å². The molecule has 0 aromatic heterocycles. The van der Waals surface area contributed by atoms with Crippen molar-refractivity contribution in [3.8, 4) is 0 Å². The number of hydrogen-bond acceptors (Lipinski definition) is 3. The van der Waals surface area contributed by atoms with E-state index in [0.29, 0.717) is 15.8 Å². The van der Waals surface area contributed by atoms with Gasteiger partial charge in [-0.15, -0.1) is 0 Å². The molecule has 0 aromatic carbocycles. The molecule has 0 bridgehead atoms. The van der Waals surface area contributed by atoms with Crippen LogP contribution in [-0.4, -0.2) is 39.0 Å². The van der Waals surface area contributed by atoms with Crippen molar-refractivity contribution in [2.45, 2.75) is 227 Å². The van der Waals surface area contributed by atoms with Crippen LogP contribution in [-0.2, 0) is 20.4 Å². The fourth-order valence-electron chi connectivity index (χ4n) is 10.1. The molecule has 0 heterocycles. The van der Waals surface area contributed by atoms with Crippen LogP contribution in [0.15, 0.2) is 0 Å². The Bertz CT molecular complexity index is 566. The van der Waals surface area contributed by atoms with E-state index in [2.05, 4.69) is 0 Å². The number of rotatable bonds is 6. The molecule has 1 radical (unpaired) electrons. The Hall–Kier alpha value is 0.722. The van der Waals surface area contributed by atoms with Gasteiger partial charge >= 0.3 is 20.4 Å². The summed E-state index contributed by atoms with van der Waals surface area (Å²) in [6.45, 7) is 0. The molecule has 254 valence electrons. The molecule has 6 rings (SSSR count). The van der Waals surface area contributed by atoms with Gasteiger partial charge in [-0.3, -0.25) is 0 Å². The molecule has 7 heteroatoms. The Labute approximate surface area is 282 Å². The van der Waals surface area contributed by atoms with Crippen LogP contribution in [0.2, 0.25) is 0 Å². The summed E-state index contributed by atoms with van der Waals surface area (Å²) in [5.41, 5.74) is 7.14. The Morgan fingerprint density at radius 2 is 0.442 bits per heavy atom. The van der Waals surface area contributed by atoms with Crippen molar-refractivity contribution >= 4 is 15.8 Å². The van der Waals surface area contributed by atoms with Gasteiger partial charge in [-0.25, -0.2) is 0 Å². The minimum atomic E-state index is -1.75. The van der Waals surface area contributed by atoms with Crippen molar-refractivity contribution in [3.63, 3.8) is 0 Å². The van der Waals surface area contributed by atoms with Gasteiger partial charge in [0, 0.05) is 0 Å². The van der Waals surface area contributed by atoms with Crippen molar-refractivity contribution in [2.24, 2.45) is 0 Å². The molecule has 6 saturated carbocycles. The van der Waals surface area contributed by atoms with Crippen LogP contribution in [0.25, 0.3) is 0 Å². The zero-order valence-electron chi connectivity index (χ0n) is 27.6. The number of hydrogen-bond donors (Lipinski definition) is 0. The first kappa shape index (κ1) is 38.2. The SMILES string of the molecule is C1CCC(P(C2CCCCC2)C2CCCCC2)CC1.C1CCC(P(C2CCCCC2)C2CCCCC2)CC1.O=[N+]([O-])[O-].[PdH+]. The predicted molar refractivity (Wildman–Crippen MR) is 187 cm³/mol. The third-order valence-corrected chi connectivity index (χ3v) is 20.1. The van der Waals surface area contributed by atoms with Gasteiger partial charge in [0.15, 0.2) is 0 Å². The van der Waals surface area contributed by atoms with Gasteiger partial charge < -0.3 is 15.3 Å². The fraction of sp³-hybridized carbons (Fsp3) is 1.00. The predicted octanol–water partition coefficient (Wildman–Crippen LogP) is 12.4. The Kier molecular flexibility index (Phi) is 19.8. The molecule has 0 N–H and O–H groups in total. The van der Waals surface area contributed by atoms with E-state index >= 15 is 0 Å². The van der Waals surface area contributed by atoms with Gasteiger partial charge in [-0.05, 0) is 111 Å².